The number of hydrogen-bond donors (Lipinski definition) is 3. The molecule has 152 valence electrons. The Kier molecular flexibility index (Phi) is 5.17. The number of carboxylic acid groups (broad SMARTS) is 1. The molecule has 3 N–H and O–H groups in total. The van der Waals surface area contributed by atoms with Crippen LogP contribution in [0.15, 0.2) is 18.2 Å². The lowest BCUT2D eigenvalue weighted by molar-refractivity contribution is -0.139. The lowest BCUT2D eigenvalue weighted by Crippen LogP contribution is -2.16. The summed E-state index contributed by atoms with van der Waals surface area (Å²) in [4.78, 5) is 42.8. The summed E-state index contributed by atoms with van der Waals surface area (Å²) in [6.07, 6.45) is 3.02. The summed E-state index contributed by atoms with van der Waals surface area (Å²) in [5.74, 6) is -1.74. The van der Waals surface area contributed by atoms with Crippen molar-refractivity contribution in [2.24, 2.45) is 17.8 Å². The number of rotatable bonds is 7. The summed E-state index contributed by atoms with van der Waals surface area (Å²) in [5, 5.41) is 12.1. The minimum Gasteiger partial charge on any atom is -0.481 e. The highest BCUT2D eigenvalue weighted by Crippen LogP contribution is 2.40. The third-order valence-electron chi connectivity index (χ3n) is 5.76. The second-order valence-corrected chi connectivity index (χ2v) is 8.23. The van der Waals surface area contributed by atoms with Crippen LogP contribution in [0.4, 0.5) is 5.69 Å². The first kappa shape index (κ1) is 19.6. The molecule has 1 fully saturated rings. The van der Waals surface area contributed by atoms with Crippen molar-refractivity contribution in [1.82, 2.24) is 9.97 Å². The quantitative estimate of drug-likeness (QED) is 0.601. The fourth-order valence-corrected chi connectivity index (χ4v) is 4.30. The number of halogens is 1. The number of carbonyl (C=O) groups is 3. The van der Waals surface area contributed by atoms with E-state index in [1.165, 1.54) is 5.56 Å². The van der Waals surface area contributed by atoms with Crippen LogP contribution >= 0.6 is 11.6 Å². The van der Waals surface area contributed by atoms with Crippen molar-refractivity contribution in [1.29, 1.82) is 0 Å². The van der Waals surface area contributed by atoms with Gasteiger partial charge in [-0.25, -0.2) is 4.98 Å². The van der Waals surface area contributed by atoms with E-state index in [9.17, 15) is 14.4 Å². The van der Waals surface area contributed by atoms with Crippen LogP contribution in [-0.4, -0.2) is 32.7 Å². The zero-order valence-corrected chi connectivity index (χ0v) is 16.8. The number of fused-ring (bicyclic) bond motifs is 1. The zero-order valence-electron chi connectivity index (χ0n) is 16.0. The van der Waals surface area contributed by atoms with Gasteiger partial charge in [-0.3, -0.25) is 14.4 Å². The molecule has 1 heterocycles. The van der Waals surface area contributed by atoms with Crippen molar-refractivity contribution in [2.75, 3.05) is 5.32 Å². The molecule has 0 bridgehead atoms. The van der Waals surface area contributed by atoms with E-state index >= 15 is 0 Å². The van der Waals surface area contributed by atoms with E-state index in [0.717, 1.165) is 24.1 Å². The van der Waals surface area contributed by atoms with Crippen molar-refractivity contribution in [3.8, 4) is 0 Å². The number of aliphatic carboxylic acids is 1. The standard InChI is InChI=1S/C21H22ClN3O4/c1-2-16-18(22)25-19(24-16)17(26)7-10-5-11-3-4-13(8-12(11)6-10)23-20(27)14-9-15(14)21(28)29/h3-4,8,10,14-15H,2,5-7,9H2,1H3,(H,23,27)(H,24,25)(H,28,29)/t10?,14-,15-/m1/s1. The van der Waals surface area contributed by atoms with Gasteiger partial charge in [0.25, 0.3) is 0 Å². The van der Waals surface area contributed by atoms with Crippen molar-refractivity contribution in [2.45, 2.75) is 39.0 Å². The second-order valence-electron chi connectivity index (χ2n) is 7.87. The number of benzene rings is 1. The molecule has 1 aromatic heterocycles. The Morgan fingerprint density at radius 3 is 2.66 bits per heavy atom. The molecular formula is C21H22ClN3O4. The highest BCUT2D eigenvalue weighted by atomic mass is 35.5. The summed E-state index contributed by atoms with van der Waals surface area (Å²) < 4.78 is 0. The molecule has 4 rings (SSSR count). The molecule has 0 spiro atoms. The normalized spacial score (nSPS) is 22.2. The number of aromatic nitrogens is 2. The molecule has 1 saturated carbocycles. The van der Waals surface area contributed by atoms with Crippen molar-refractivity contribution in [3.05, 3.63) is 46.0 Å². The van der Waals surface area contributed by atoms with Gasteiger partial charge in [-0.1, -0.05) is 24.6 Å². The predicted molar refractivity (Wildman–Crippen MR) is 107 cm³/mol. The van der Waals surface area contributed by atoms with Gasteiger partial charge in [-0.15, -0.1) is 0 Å². The molecule has 2 aromatic rings. The molecule has 2 aliphatic rings. The smallest absolute Gasteiger partial charge is 0.307 e. The van der Waals surface area contributed by atoms with E-state index in [-0.39, 0.29) is 17.6 Å². The zero-order chi connectivity index (χ0) is 20.7. The lowest BCUT2D eigenvalue weighted by Gasteiger charge is -2.07. The molecule has 7 nitrogen and oxygen atoms in total. The van der Waals surface area contributed by atoms with Crippen LogP contribution in [0.3, 0.4) is 0 Å². The van der Waals surface area contributed by atoms with Gasteiger partial charge in [0.05, 0.1) is 17.5 Å². The van der Waals surface area contributed by atoms with Crippen LogP contribution in [0.5, 0.6) is 0 Å². The van der Waals surface area contributed by atoms with Crippen molar-refractivity contribution >= 4 is 34.9 Å². The van der Waals surface area contributed by atoms with Crippen molar-refractivity contribution in [3.63, 3.8) is 0 Å². The SMILES string of the molecule is CCc1[nH]c(C(=O)CC2Cc3ccc(NC(=O)[C@@H]4C[C@H]4C(=O)O)cc3C2)nc1Cl. The number of aryl methyl sites for hydroxylation is 1. The third kappa shape index (κ3) is 4.05. The van der Waals surface area contributed by atoms with E-state index in [0.29, 0.717) is 35.9 Å². The highest BCUT2D eigenvalue weighted by Gasteiger charge is 2.48. The van der Waals surface area contributed by atoms with Gasteiger partial charge < -0.3 is 15.4 Å². The maximum atomic E-state index is 12.6. The van der Waals surface area contributed by atoms with Gasteiger partial charge >= 0.3 is 5.97 Å². The molecule has 0 aliphatic heterocycles. The Balaban J connectivity index is 1.36. The number of H-pyrrole nitrogens is 1. The van der Waals surface area contributed by atoms with E-state index in [1.807, 2.05) is 25.1 Å². The van der Waals surface area contributed by atoms with Gasteiger partial charge in [0.15, 0.2) is 16.8 Å². The number of nitrogens with zero attached hydrogens (tertiary/aromatic N) is 1. The van der Waals surface area contributed by atoms with E-state index in [4.69, 9.17) is 16.7 Å². The van der Waals surface area contributed by atoms with Crippen LogP contribution in [0.2, 0.25) is 5.15 Å². The summed E-state index contributed by atoms with van der Waals surface area (Å²) in [6.45, 7) is 1.95. The van der Waals surface area contributed by atoms with Gasteiger partial charge in [0, 0.05) is 12.1 Å². The van der Waals surface area contributed by atoms with Crippen LogP contribution < -0.4 is 5.32 Å². The average molecular weight is 416 g/mol. The molecule has 0 saturated heterocycles. The molecular weight excluding hydrogens is 394 g/mol. The number of carbonyl (C=O) groups excluding carboxylic acids is 2. The first-order valence-electron chi connectivity index (χ1n) is 9.78. The van der Waals surface area contributed by atoms with Crippen LogP contribution in [0.25, 0.3) is 0 Å². The van der Waals surface area contributed by atoms with Crippen LogP contribution in [0, 0.1) is 17.8 Å². The number of nitrogens with one attached hydrogen (secondary N) is 2. The largest absolute Gasteiger partial charge is 0.481 e. The second kappa shape index (κ2) is 7.63. The molecule has 29 heavy (non-hydrogen) atoms. The van der Waals surface area contributed by atoms with Crippen LogP contribution in [-0.2, 0) is 28.9 Å². The number of Topliss-reactive ketones (excluding diaryl/α,β-unsaturated/α-hetero) is 1. The maximum absolute atomic E-state index is 12.6. The highest BCUT2D eigenvalue weighted by molar-refractivity contribution is 6.30. The average Bonchev–Trinajstić information content (AvgIpc) is 3.27. The summed E-state index contributed by atoms with van der Waals surface area (Å²) in [7, 11) is 0. The molecule has 3 atom stereocenters. The minimum atomic E-state index is -0.921. The molecule has 1 aromatic carbocycles. The van der Waals surface area contributed by atoms with E-state index < -0.39 is 17.8 Å². The molecule has 1 amide bonds. The third-order valence-corrected chi connectivity index (χ3v) is 6.07. The predicted octanol–water partition coefficient (Wildman–Crippen LogP) is 3.27. The number of hydrogen-bond acceptors (Lipinski definition) is 4. The topological polar surface area (TPSA) is 112 Å². The number of imidazole rings is 1. The lowest BCUT2D eigenvalue weighted by atomic mass is 9.99. The summed E-state index contributed by atoms with van der Waals surface area (Å²) >= 11 is 6.03. The monoisotopic (exact) mass is 415 g/mol. The molecule has 2 aliphatic carbocycles. The fourth-order valence-electron chi connectivity index (χ4n) is 4.04. The Hall–Kier alpha value is -2.67. The first-order chi connectivity index (χ1) is 13.9. The number of ketones is 1. The minimum absolute atomic E-state index is 0.0496. The number of aromatic amines is 1. The van der Waals surface area contributed by atoms with E-state index in [2.05, 4.69) is 15.3 Å². The molecule has 1 unspecified atom stereocenters. The molecule has 0 radical (unpaired) electrons. The number of amides is 1. The Bertz CT molecular complexity index is 1000. The van der Waals surface area contributed by atoms with Gasteiger partial charge in [0.1, 0.15) is 0 Å². The number of carboxylic acids is 1. The van der Waals surface area contributed by atoms with Crippen LogP contribution in [0.1, 0.15) is 47.2 Å². The number of anilines is 1. The van der Waals surface area contributed by atoms with E-state index in [1.54, 1.807) is 0 Å². The van der Waals surface area contributed by atoms with Gasteiger partial charge in [0.2, 0.25) is 5.91 Å². The Morgan fingerprint density at radius 1 is 1.24 bits per heavy atom. The summed E-state index contributed by atoms with van der Waals surface area (Å²) in [6, 6.07) is 5.73. The van der Waals surface area contributed by atoms with Gasteiger partial charge in [-0.2, -0.15) is 0 Å². The fraction of sp³-hybridized carbons (Fsp3) is 0.429. The molecule has 8 heteroatoms. The van der Waals surface area contributed by atoms with Crippen molar-refractivity contribution < 1.29 is 19.5 Å². The maximum Gasteiger partial charge on any atom is 0.307 e. The summed E-state index contributed by atoms with van der Waals surface area (Å²) in [5.41, 5.74) is 3.72. The van der Waals surface area contributed by atoms with Gasteiger partial charge in [-0.05, 0) is 54.9 Å². The Labute approximate surface area is 172 Å². The first-order valence-corrected chi connectivity index (χ1v) is 10.2. The Morgan fingerprint density at radius 2 is 2.00 bits per heavy atom.